The van der Waals surface area contributed by atoms with Crippen LogP contribution in [0.1, 0.15) is 21.9 Å². The van der Waals surface area contributed by atoms with Crippen LogP contribution in [0.15, 0.2) is 75.8 Å². The van der Waals surface area contributed by atoms with Crippen molar-refractivity contribution in [1.29, 1.82) is 0 Å². The molecule has 5 rings (SSSR count). The number of carbonyl (C=O) groups is 1. The van der Waals surface area contributed by atoms with E-state index in [-0.39, 0.29) is 5.91 Å². The van der Waals surface area contributed by atoms with Crippen molar-refractivity contribution < 1.29 is 9.21 Å². The van der Waals surface area contributed by atoms with Crippen molar-refractivity contribution in [2.24, 2.45) is 0 Å². The molecule has 144 valence electrons. The number of rotatable bonds is 5. The third kappa shape index (κ3) is 3.45. The summed E-state index contributed by atoms with van der Waals surface area (Å²) in [6, 6.07) is 21.5. The number of aromatic nitrogens is 3. The molecule has 0 radical (unpaired) electrons. The average Bonchev–Trinajstić information content (AvgIpc) is 3.40. The number of amides is 1. The van der Waals surface area contributed by atoms with Gasteiger partial charge in [-0.05, 0) is 33.6 Å². The second-order valence-electron chi connectivity index (χ2n) is 6.78. The number of furan rings is 1. The maximum atomic E-state index is 13.0. The Morgan fingerprint density at radius 1 is 1.10 bits per heavy atom. The van der Waals surface area contributed by atoms with E-state index in [0.29, 0.717) is 34.9 Å². The third-order valence-corrected chi connectivity index (χ3v) is 5.22. The van der Waals surface area contributed by atoms with E-state index in [0.717, 1.165) is 22.1 Å². The number of para-hydroxylation sites is 2. The molecule has 3 aromatic heterocycles. The summed E-state index contributed by atoms with van der Waals surface area (Å²) in [7, 11) is 0. The van der Waals surface area contributed by atoms with E-state index in [1.54, 1.807) is 6.07 Å². The van der Waals surface area contributed by atoms with Crippen molar-refractivity contribution in [3.8, 4) is 0 Å². The van der Waals surface area contributed by atoms with Gasteiger partial charge >= 0.3 is 0 Å². The molecule has 3 heterocycles. The zero-order valence-electron chi connectivity index (χ0n) is 15.4. The molecule has 0 aliphatic rings. The summed E-state index contributed by atoms with van der Waals surface area (Å²) in [6.07, 6.45) is 0. The van der Waals surface area contributed by atoms with Gasteiger partial charge in [-0.15, -0.1) is 0 Å². The molecule has 7 heteroatoms. The number of hydrogen-bond donors (Lipinski definition) is 2. The second kappa shape index (κ2) is 7.25. The molecule has 0 atom stereocenters. The van der Waals surface area contributed by atoms with Gasteiger partial charge in [-0.25, -0.2) is 4.98 Å². The zero-order chi connectivity index (χ0) is 19.8. The minimum atomic E-state index is -0.177. The minimum Gasteiger partial charge on any atom is -0.448 e. The largest absolute Gasteiger partial charge is 0.448 e. The molecule has 2 N–H and O–H groups in total. The fourth-order valence-corrected chi connectivity index (χ4v) is 3.87. The molecule has 6 nitrogen and oxygen atoms in total. The molecule has 0 spiro atoms. The Labute approximate surface area is 174 Å². The van der Waals surface area contributed by atoms with Crippen LogP contribution in [0, 0.1) is 0 Å². The first kappa shape index (κ1) is 17.8. The molecular weight excluding hydrogens is 432 g/mol. The lowest BCUT2D eigenvalue weighted by Crippen LogP contribution is -2.26. The molecule has 1 amide bonds. The molecule has 0 unspecified atom stereocenters. The number of benzene rings is 2. The molecule has 0 aliphatic heterocycles. The van der Waals surface area contributed by atoms with Crippen molar-refractivity contribution in [3.63, 3.8) is 0 Å². The van der Waals surface area contributed by atoms with E-state index in [1.165, 1.54) is 0 Å². The Morgan fingerprint density at radius 3 is 2.72 bits per heavy atom. The van der Waals surface area contributed by atoms with Gasteiger partial charge in [0.25, 0.3) is 5.91 Å². The summed E-state index contributed by atoms with van der Waals surface area (Å²) in [5.74, 6) is 0.538. The Balaban J connectivity index is 1.43. The third-order valence-electron chi connectivity index (χ3n) is 4.83. The molecule has 0 bridgehead atoms. The first-order chi connectivity index (χ1) is 14.2. The summed E-state index contributed by atoms with van der Waals surface area (Å²) in [5.41, 5.74) is 5.02. The number of imidazole rings is 1. The Morgan fingerprint density at radius 2 is 1.90 bits per heavy atom. The fourth-order valence-electron chi connectivity index (χ4n) is 3.48. The highest BCUT2D eigenvalue weighted by Gasteiger charge is 2.19. The van der Waals surface area contributed by atoms with Crippen LogP contribution >= 0.6 is 15.9 Å². The van der Waals surface area contributed by atoms with E-state index < -0.39 is 0 Å². The molecule has 0 aliphatic carbocycles. The Hall–Kier alpha value is -3.32. The summed E-state index contributed by atoms with van der Waals surface area (Å²) in [4.78, 5) is 20.7. The van der Waals surface area contributed by atoms with Crippen molar-refractivity contribution >= 4 is 44.0 Å². The van der Waals surface area contributed by atoms with Crippen LogP contribution in [0.25, 0.3) is 22.1 Å². The van der Waals surface area contributed by atoms with Crippen LogP contribution in [-0.2, 0) is 13.1 Å². The van der Waals surface area contributed by atoms with Crippen molar-refractivity contribution in [3.05, 3.63) is 88.5 Å². The quantitative estimate of drug-likeness (QED) is 0.403. The number of hydrogen-bond acceptors (Lipinski definition) is 3. The van der Waals surface area contributed by atoms with E-state index in [9.17, 15) is 4.79 Å². The van der Waals surface area contributed by atoms with Gasteiger partial charge in [0.05, 0.1) is 23.1 Å². The molecule has 0 saturated heterocycles. The van der Waals surface area contributed by atoms with Gasteiger partial charge in [-0.1, -0.05) is 42.5 Å². The van der Waals surface area contributed by atoms with Crippen molar-refractivity contribution in [2.75, 3.05) is 0 Å². The first-order valence-corrected chi connectivity index (χ1v) is 10.0. The van der Waals surface area contributed by atoms with E-state index in [2.05, 4.69) is 31.2 Å². The van der Waals surface area contributed by atoms with E-state index in [1.807, 2.05) is 65.2 Å². The molecular formula is C22H17BrN4O2. The molecule has 29 heavy (non-hydrogen) atoms. The van der Waals surface area contributed by atoms with Crippen LogP contribution in [0.5, 0.6) is 0 Å². The number of halogens is 1. The van der Waals surface area contributed by atoms with E-state index in [4.69, 9.17) is 4.42 Å². The predicted octanol–water partition coefficient (Wildman–Crippen LogP) is 4.85. The van der Waals surface area contributed by atoms with Gasteiger partial charge in [0.1, 0.15) is 11.5 Å². The monoisotopic (exact) mass is 448 g/mol. The SMILES string of the molecule is O=C(NCc1nc2ccccc2[nH]1)c1cc2oc(Br)cc2n1Cc1ccccc1. The molecule has 0 saturated carbocycles. The highest BCUT2D eigenvalue weighted by atomic mass is 79.9. The van der Waals surface area contributed by atoms with Gasteiger partial charge in [0.2, 0.25) is 0 Å². The summed E-state index contributed by atoms with van der Waals surface area (Å²) in [6.45, 7) is 0.888. The van der Waals surface area contributed by atoms with Crippen molar-refractivity contribution in [1.82, 2.24) is 19.9 Å². The number of carbonyl (C=O) groups excluding carboxylic acids is 1. The number of fused-ring (bicyclic) bond motifs is 2. The smallest absolute Gasteiger partial charge is 0.268 e. The highest BCUT2D eigenvalue weighted by Crippen LogP contribution is 2.28. The maximum absolute atomic E-state index is 13.0. The Kier molecular flexibility index (Phi) is 4.44. The number of aromatic amines is 1. The van der Waals surface area contributed by atoms with Gasteiger partial charge in [0.15, 0.2) is 10.3 Å². The predicted molar refractivity (Wildman–Crippen MR) is 115 cm³/mol. The maximum Gasteiger partial charge on any atom is 0.268 e. The number of nitrogens with zero attached hydrogens (tertiary/aromatic N) is 2. The van der Waals surface area contributed by atoms with Gasteiger partial charge in [-0.3, -0.25) is 4.79 Å². The van der Waals surface area contributed by atoms with Crippen LogP contribution in [-0.4, -0.2) is 20.4 Å². The molecule has 0 fully saturated rings. The lowest BCUT2D eigenvalue weighted by molar-refractivity contribution is 0.0941. The zero-order valence-corrected chi connectivity index (χ0v) is 16.9. The lowest BCUT2D eigenvalue weighted by atomic mass is 10.2. The van der Waals surface area contributed by atoms with Crippen LogP contribution in [0.3, 0.4) is 0 Å². The molecule has 5 aromatic rings. The van der Waals surface area contributed by atoms with Gasteiger partial charge in [0, 0.05) is 18.7 Å². The minimum absolute atomic E-state index is 0.177. The van der Waals surface area contributed by atoms with Gasteiger partial charge < -0.3 is 19.3 Å². The fraction of sp³-hybridized carbons (Fsp3) is 0.0909. The average molecular weight is 449 g/mol. The highest BCUT2D eigenvalue weighted by molar-refractivity contribution is 9.10. The van der Waals surface area contributed by atoms with Gasteiger partial charge in [-0.2, -0.15) is 0 Å². The van der Waals surface area contributed by atoms with Crippen molar-refractivity contribution in [2.45, 2.75) is 13.1 Å². The number of H-pyrrole nitrogens is 1. The second-order valence-corrected chi connectivity index (χ2v) is 7.57. The summed E-state index contributed by atoms with van der Waals surface area (Å²) in [5, 5.41) is 2.96. The Bertz CT molecular complexity index is 1280. The lowest BCUT2D eigenvalue weighted by Gasteiger charge is -2.10. The van der Waals surface area contributed by atoms with E-state index >= 15 is 0 Å². The summed E-state index contributed by atoms with van der Waals surface area (Å²) < 4.78 is 8.28. The van der Waals surface area contributed by atoms with Crippen LogP contribution < -0.4 is 5.32 Å². The topological polar surface area (TPSA) is 75.8 Å². The number of nitrogens with one attached hydrogen (secondary N) is 2. The standard InChI is InChI=1S/C22H17BrN4O2/c23-20-11-17-19(29-20)10-18(27(17)13-14-6-2-1-3-7-14)22(28)24-12-21-25-15-8-4-5-9-16(15)26-21/h1-11H,12-13H2,(H,24,28)(H,25,26). The van der Waals surface area contributed by atoms with Crippen LogP contribution in [0.4, 0.5) is 0 Å². The van der Waals surface area contributed by atoms with Crippen LogP contribution in [0.2, 0.25) is 0 Å². The summed E-state index contributed by atoms with van der Waals surface area (Å²) >= 11 is 3.37. The first-order valence-electron chi connectivity index (χ1n) is 9.22. The normalized spacial score (nSPS) is 11.3. The molecule has 2 aromatic carbocycles.